The lowest BCUT2D eigenvalue weighted by Gasteiger charge is -2.09. The summed E-state index contributed by atoms with van der Waals surface area (Å²) in [5.41, 5.74) is 2.70. The minimum atomic E-state index is -0.392. The topological polar surface area (TPSA) is 52.3 Å². The monoisotopic (exact) mass is 407 g/mol. The van der Waals surface area contributed by atoms with Gasteiger partial charge in [-0.3, -0.25) is 0 Å². The van der Waals surface area contributed by atoms with Gasteiger partial charge in [0.2, 0.25) is 0 Å². The molecule has 0 aliphatic heterocycles. The number of ether oxygens (including phenoxy) is 1. The number of hydrogen-bond donors (Lipinski definition) is 0. The van der Waals surface area contributed by atoms with E-state index in [9.17, 15) is 4.79 Å². The molecule has 2 aromatic carbocycles. The van der Waals surface area contributed by atoms with Crippen molar-refractivity contribution in [1.82, 2.24) is 4.98 Å². The van der Waals surface area contributed by atoms with Crippen LogP contribution in [0, 0.1) is 0 Å². The lowest BCUT2D eigenvalue weighted by atomic mass is 10.1. The SMILES string of the molecule is O=C(OCc1cccc(Br)c1)c1cc(-c2ccco2)nc2ccccc12. The van der Waals surface area contributed by atoms with Gasteiger partial charge in [-0.05, 0) is 42.0 Å². The average molecular weight is 408 g/mol. The Morgan fingerprint density at radius 2 is 1.92 bits per heavy atom. The molecule has 26 heavy (non-hydrogen) atoms. The Balaban J connectivity index is 1.69. The molecule has 4 aromatic rings. The van der Waals surface area contributed by atoms with E-state index in [-0.39, 0.29) is 6.61 Å². The summed E-state index contributed by atoms with van der Waals surface area (Å²) in [7, 11) is 0. The molecule has 0 saturated carbocycles. The lowest BCUT2D eigenvalue weighted by molar-refractivity contribution is 0.0475. The summed E-state index contributed by atoms with van der Waals surface area (Å²) in [5, 5.41) is 0.752. The molecule has 0 aliphatic rings. The summed E-state index contributed by atoms with van der Waals surface area (Å²) >= 11 is 3.42. The fourth-order valence-electron chi connectivity index (χ4n) is 2.75. The molecule has 0 atom stereocenters. The van der Waals surface area contributed by atoms with Gasteiger partial charge in [0.15, 0.2) is 5.76 Å². The van der Waals surface area contributed by atoms with Crippen LogP contribution in [0.3, 0.4) is 0 Å². The zero-order valence-corrected chi connectivity index (χ0v) is 15.3. The Hall–Kier alpha value is -2.92. The average Bonchev–Trinajstić information content (AvgIpc) is 3.20. The van der Waals surface area contributed by atoms with Crippen LogP contribution in [0.5, 0.6) is 0 Å². The maximum absolute atomic E-state index is 12.7. The maximum Gasteiger partial charge on any atom is 0.339 e. The number of carbonyl (C=O) groups excluding carboxylic acids is 1. The standard InChI is InChI=1S/C21H14BrNO3/c22-15-6-3-5-14(11-15)13-26-21(24)17-12-19(20-9-4-10-25-20)23-18-8-2-1-7-16(17)18/h1-12H,13H2. The molecular weight excluding hydrogens is 394 g/mol. The smallest absolute Gasteiger partial charge is 0.339 e. The van der Waals surface area contributed by atoms with Gasteiger partial charge in [0.1, 0.15) is 12.3 Å². The van der Waals surface area contributed by atoms with Crippen molar-refractivity contribution in [1.29, 1.82) is 0 Å². The van der Waals surface area contributed by atoms with E-state index in [2.05, 4.69) is 20.9 Å². The number of pyridine rings is 1. The Kier molecular flexibility index (Phi) is 4.54. The first kappa shape index (κ1) is 16.5. The van der Waals surface area contributed by atoms with E-state index in [0.717, 1.165) is 20.9 Å². The van der Waals surface area contributed by atoms with Crippen LogP contribution >= 0.6 is 15.9 Å². The zero-order chi connectivity index (χ0) is 17.9. The van der Waals surface area contributed by atoms with E-state index < -0.39 is 5.97 Å². The van der Waals surface area contributed by atoms with Gasteiger partial charge in [0.05, 0.1) is 17.3 Å². The molecule has 5 heteroatoms. The van der Waals surface area contributed by atoms with E-state index in [1.54, 1.807) is 18.4 Å². The first-order valence-corrected chi connectivity index (χ1v) is 8.85. The molecule has 0 radical (unpaired) electrons. The summed E-state index contributed by atoms with van der Waals surface area (Å²) in [4.78, 5) is 17.3. The molecule has 0 aliphatic carbocycles. The third kappa shape index (κ3) is 3.39. The highest BCUT2D eigenvalue weighted by molar-refractivity contribution is 9.10. The molecule has 0 spiro atoms. The zero-order valence-electron chi connectivity index (χ0n) is 13.7. The molecule has 128 valence electrons. The molecule has 4 rings (SSSR count). The second-order valence-corrected chi connectivity index (χ2v) is 6.67. The molecule has 0 saturated heterocycles. The third-order valence-corrected chi connectivity index (χ3v) is 4.46. The van der Waals surface area contributed by atoms with Crippen molar-refractivity contribution in [3.63, 3.8) is 0 Å². The van der Waals surface area contributed by atoms with Crippen LogP contribution in [0.15, 0.2) is 81.9 Å². The van der Waals surface area contributed by atoms with Crippen LogP contribution in [0.1, 0.15) is 15.9 Å². The molecule has 0 bridgehead atoms. The number of esters is 1. The van der Waals surface area contributed by atoms with Gasteiger partial charge in [-0.2, -0.15) is 0 Å². The summed E-state index contributed by atoms with van der Waals surface area (Å²) in [5.74, 6) is 0.216. The number of nitrogens with zero attached hydrogens (tertiary/aromatic N) is 1. The summed E-state index contributed by atoms with van der Waals surface area (Å²) < 4.78 is 11.9. The summed E-state index contributed by atoms with van der Waals surface area (Å²) in [6.45, 7) is 0.199. The van der Waals surface area contributed by atoms with E-state index in [1.165, 1.54) is 0 Å². The van der Waals surface area contributed by atoms with E-state index in [1.807, 2.05) is 54.6 Å². The van der Waals surface area contributed by atoms with Crippen molar-refractivity contribution < 1.29 is 13.9 Å². The molecule has 0 N–H and O–H groups in total. The van der Waals surface area contributed by atoms with E-state index >= 15 is 0 Å². The lowest BCUT2D eigenvalue weighted by Crippen LogP contribution is -2.07. The van der Waals surface area contributed by atoms with Crippen molar-refractivity contribution in [3.8, 4) is 11.5 Å². The number of fused-ring (bicyclic) bond motifs is 1. The minimum absolute atomic E-state index is 0.199. The molecule has 0 fully saturated rings. The molecule has 2 aromatic heterocycles. The number of rotatable bonds is 4. The van der Waals surface area contributed by atoms with Crippen LogP contribution < -0.4 is 0 Å². The second kappa shape index (κ2) is 7.14. The Morgan fingerprint density at radius 3 is 2.73 bits per heavy atom. The van der Waals surface area contributed by atoms with Crippen molar-refractivity contribution in [2.75, 3.05) is 0 Å². The summed E-state index contributed by atoms with van der Waals surface area (Å²) in [6, 6.07) is 20.5. The van der Waals surface area contributed by atoms with Gasteiger partial charge in [-0.25, -0.2) is 9.78 Å². The van der Waals surface area contributed by atoms with Crippen molar-refractivity contribution in [3.05, 3.63) is 88.6 Å². The number of para-hydroxylation sites is 1. The largest absolute Gasteiger partial charge is 0.463 e. The number of benzene rings is 2. The van der Waals surface area contributed by atoms with Crippen molar-refractivity contribution >= 4 is 32.8 Å². The molecule has 4 nitrogen and oxygen atoms in total. The van der Waals surface area contributed by atoms with Gasteiger partial charge in [-0.15, -0.1) is 0 Å². The fourth-order valence-corrected chi connectivity index (χ4v) is 3.19. The third-order valence-electron chi connectivity index (χ3n) is 3.97. The van der Waals surface area contributed by atoms with Crippen LogP contribution in [0.25, 0.3) is 22.4 Å². The highest BCUT2D eigenvalue weighted by Gasteiger charge is 2.16. The van der Waals surface area contributed by atoms with Crippen LogP contribution in [0.2, 0.25) is 0 Å². The maximum atomic E-state index is 12.7. The first-order valence-electron chi connectivity index (χ1n) is 8.06. The van der Waals surface area contributed by atoms with E-state index in [4.69, 9.17) is 9.15 Å². The predicted molar refractivity (Wildman–Crippen MR) is 103 cm³/mol. The van der Waals surface area contributed by atoms with Crippen molar-refractivity contribution in [2.45, 2.75) is 6.61 Å². The van der Waals surface area contributed by atoms with Crippen LogP contribution in [-0.4, -0.2) is 11.0 Å². The molecule has 2 heterocycles. The number of halogens is 1. The molecule has 0 unspecified atom stereocenters. The van der Waals surface area contributed by atoms with E-state index in [0.29, 0.717) is 17.0 Å². The first-order chi connectivity index (χ1) is 12.7. The normalized spacial score (nSPS) is 10.8. The fraction of sp³-hybridized carbons (Fsp3) is 0.0476. The Morgan fingerprint density at radius 1 is 1.04 bits per heavy atom. The quantitative estimate of drug-likeness (QED) is 0.412. The Labute approximate surface area is 158 Å². The Bertz CT molecular complexity index is 1070. The van der Waals surface area contributed by atoms with Gasteiger partial charge >= 0.3 is 5.97 Å². The number of furan rings is 1. The van der Waals surface area contributed by atoms with Gasteiger partial charge in [-0.1, -0.05) is 46.3 Å². The molecule has 0 amide bonds. The van der Waals surface area contributed by atoms with Crippen LogP contribution in [0.4, 0.5) is 0 Å². The predicted octanol–water partition coefficient (Wildman–Crippen LogP) is 5.61. The highest BCUT2D eigenvalue weighted by Crippen LogP contribution is 2.26. The number of carbonyl (C=O) groups is 1. The van der Waals surface area contributed by atoms with Crippen LogP contribution in [-0.2, 0) is 11.3 Å². The van der Waals surface area contributed by atoms with Crippen molar-refractivity contribution in [2.24, 2.45) is 0 Å². The number of hydrogen-bond acceptors (Lipinski definition) is 4. The summed E-state index contributed by atoms with van der Waals surface area (Å²) in [6.07, 6.45) is 1.58. The second-order valence-electron chi connectivity index (χ2n) is 5.76. The van der Waals surface area contributed by atoms with Gasteiger partial charge in [0.25, 0.3) is 0 Å². The van der Waals surface area contributed by atoms with Gasteiger partial charge < -0.3 is 9.15 Å². The molecular formula is C21H14BrNO3. The number of aromatic nitrogens is 1. The highest BCUT2D eigenvalue weighted by atomic mass is 79.9. The minimum Gasteiger partial charge on any atom is -0.463 e. The van der Waals surface area contributed by atoms with Gasteiger partial charge in [0, 0.05) is 9.86 Å².